The summed E-state index contributed by atoms with van der Waals surface area (Å²) in [7, 11) is 0. The van der Waals surface area contributed by atoms with E-state index in [1.54, 1.807) is 0 Å². The molecule has 9 N–H and O–H groups in total. The number of aliphatic hydroxyl groups excluding tert-OH is 9. The predicted molar refractivity (Wildman–Crippen MR) is 70.8 cm³/mol. The average molecular weight is 344 g/mol. The van der Waals surface area contributed by atoms with Crippen molar-refractivity contribution in [1.29, 1.82) is 0 Å². The summed E-state index contributed by atoms with van der Waals surface area (Å²) >= 11 is 0. The topological polar surface area (TPSA) is 201 Å². The molecule has 0 aromatic carbocycles. The van der Waals surface area contributed by atoms with Gasteiger partial charge in [-0.3, -0.25) is 0 Å². The Labute approximate surface area is 131 Å². The minimum absolute atomic E-state index is 0.655. The summed E-state index contributed by atoms with van der Waals surface area (Å²) in [6, 6.07) is 0. The standard InChI is InChI=1S/C12H24O11/c13-1-4(15)7(17)8(18)5(16)3-22-12-11(21)10(20)9(19)6(2-14)23-12/h4-21H,1-3H2/t4-,5+,6+,7+,8-,9+,10-,11+,12-/m0/s1. The van der Waals surface area contributed by atoms with Gasteiger partial charge in [0.05, 0.1) is 19.8 Å². The van der Waals surface area contributed by atoms with Crippen LogP contribution in [0, 0.1) is 0 Å². The summed E-state index contributed by atoms with van der Waals surface area (Å²) in [5.41, 5.74) is 0. The van der Waals surface area contributed by atoms with Gasteiger partial charge in [-0.05, 0) is 0 Å². The summed E-state index contributed by atoms with van der Waals surface area (Å²) in [4.78, 5) is 0. The smallest absolute Gasteiger partial charge is 0.186 e. The van der Waals surface area contributed by atoms with Crippen LogP contribution in [0.3, 0.4) is 0 Å². The third-order valence-electron chi connectivity index (χ3n) is 3.61. The highest BCUT2D eigenvalue weighted by Gasteiger charge is 2.44. The Hall–Kier alpha value is -0.440. The molecule has 0 radical (unpaired) electrons. The second-order valence-corrected chi connectivity index (χ2v) is 5.33. The van der Waals surface area contributed by atoms with Gasteiger partial charge in [-0.2, -0.15) is 0 Å². The van der Waals surface area contributed by atoms with Gasteiger partial charge in [0.1, 0.15) is 48.8 Å². The van der Waals surface area contributed by atoms with Crippen LogP contribution in [0.5, 0.6) is 0 Å². The molecule has 0 aromatic rings. The molecule has 0 unspecified atom stereocenters. The number of rotatable bonds is 8. The van der Waals surface area contributed by atoms with E-state index in [1.807, 2.05) is 0 Å². The summed E-state index contributed by atoms with van der Waals surface area (Å²) < 4.78 is 9.99. The monoisotopic (exact) mass is 344 g/mol. The minimum Gasteiger partial charge on any atom is -0.394 e. The van der Waals surface area contributed by atoms with E-state index in [4.69, 9.17) is 19.7 Å². The third kappa shape index (κ3) is 5.01. The molecule has 11 nitrogen and oxygen atoms in total. The van der Waals surface area contributed by atoms with Crippen LogP contribution >= 0.6 is 0 Å². The van der Waals surface area contributed by atoms with Gasteiger partial charge in [-0.25, -0.2) is 0 Å². The van der Waals surface area contributed by atoms with Crippen molar-refractivity contribution in [3.8, 4) is 0 Å². The number of aliphatic hydroxyl groups is 9. The van der Waals surface area contributed by atoms with E-state index >= 15 is 0 Å². The predicted octanol–water partition coefficient (Wildman–Crippen LogP) is -5.76. The van der Waals surface area contributed by atoms with Gasteiger partial charge < -0.3 is 55.4 Å². The zero-order valence-corrected chi connectivity index (χ0v) is 12.2. The fraction of sp³-hybridized carbons (Fsp3) is 1.00. The molecule has 0 spiro atoms. The number of ether oxygens (including phenoxy) is 2. The average Bonchev–Trinajstić information content (AvgIpc) is 2.56. The highest BCUT2D eigenvalue weighted by molar-refractivity contribution is 4.89. The van der Waals surface area contributed by atoms with Crippen LogP contribution in [-0.2, 0) is 9.47 Å². The molecule has 138 valence electrons. The molecule has 1 heterocycles. The molecule has 0 saturated carbocycles. The van der Waals surface area contributed by atoms with Crippen LogP contribution in [0.15, 0.2) is 0 Å². The van der Waals surface area contributed by atoms with Crippen molar-refractivity contribution < 1.29 is 55.4 Å². The molecular weight excluding hydrogens is 320 g/mol. The molecule has 0 aliphatic carbocycles. The summed E-state index contributed by atoms with van der Waals surface area (Å²) in [6.45, 7) is -2.16. The molecule has 1 fully saturated rings. The Morgan fingerprint density at radius 3 is 1.91 bits per heavy atom. The lowest BCUT2D eigenvalue weighted by Crippen LogP contribution is -2.59. The molecular formula is C12H24O11. The molecule has 1 rings (SSSR count). The van der Waals surface area contributed by atoms with Crippen molar-refractivity contribution >= 4 is 0 Å². The molecule has 9 atom stereocenters. The van der Waals surface area contributed by atoms with Crippen LogP contribution in [-0.4, -0.2) is 121 Å². The molecule has 0 aromatic heterocycles. The second kappa shape index (κ2) is 9.15. The molecule has 23 heavy (non-hydrogen) atoms. The van der Waals surface area contributed by atoms with E-state index in [0.29, 0.717) is 0 Å². The van der Waals surface area contributed by atoms with Gasteiger partial charge in [0.15, 0.2) is 6.29 Å². The largest absolute Gasteiger partial charge is 0.394 e. The fourth-order valence-corrected chi connectivity index (χ4v) is 2.06. The number of hydrogen-bond donors (Lipinski definition) is 9. The SMILES string of the molecule is OC[C@H](O)[C@@H](O)[C@@H](O)[C@H](O)CO[C@H]1O[C@H](CO)[C@@H](O)[C@H](O)[C@H]1O. The van der Waals surface area contributed by atoms with Crippen molar-refractivity contribution in [2.24, 2.45) is 0 Å². The van der Waals surface area contributed by atoms with Crippen LogP contribution in [0.4, 0.5) is 0 Å². The summed E-state index contributed by atoms with van der Waals surface area (Å²) in [5, 5.41) is 84.4. The maximum Gasteiger partial charge on any atom is 0.186 e. The molecule has 1 aliphatic heterocycles. The maximum atomic E-state index is 9.70. The van der Waals surface area contributed by atoms with Gasteiger partial charge >= 0.3 is 0 Å². The molecule has 1 saturated heterocycles. The van der Waals surface area contributed by atoms with Crippen LogP contribution in [0.25, 0.3) is 0 Å². The maximum absolute atomic E-state index is 9.70. The highest BCUT2D eigenvalue weighted by Crippen LogP contribution is 2.22. The first-order valence-corrected chi connectivity index (χ1v) is 6.99. The van der Waals surface area contributed by atoms with Crippen molar-refractivity contribution in [1.82, 2.24) is 0 Å². The van der Waals surface area contributed by atoms with Crippen molar-refractivity contribution in [2.45, 2.75) is 55.1 Å². The van der Waals surface area contributed by atoms with Gasteiger partial charge in [0, 0.05) is 0 Å². The first-order valence-electron chi connectivity index (χ1n) is 6.99. The molecule has 1 aliphatic rings. The Morgan fingerprint density at radius 1 is 0.826 bits per heavy atom. The minimum atomic E-state index is -1.86. The van der Waals surface area contributed by atoms with E-state index in [1.165, 1.54) is 0 Å². The molecule has 0 bridgehead atoms. The van der Waals surface area contributed by atoms with Gasteiger partial charge in [-0.15, -0.1) is 0 Å². The lowest BCUT2D eigenvalue weighted by atomic mass is 9.99. The van der Waals surface area contributed by atoms with E-state index in [9.17, 15) is 35.7 Å². The normalized spacial score (nSPS) is 37.2. The van der Waals surface area contributed by atoms with Crippen molar-refractivity contribution in [2.75, 3.05) is 19.8 Å². The Morgan fingerprint density at radius 2 is 1.39 bits per heavy atom. The summed E-state index contributed by atoms with van der Waals surface area (Å²) in [5.74, 6) is 0. The zero-order chi connectivity index (χ0) is 17.7. The fourth-order valence-electron chi connectivity index (χ4n) is 2.06. The van der Waals surface area contributed by atoms with E-state index in [0.717, 1.165) is 0 Å². The third-order valence-corrected chi connectivity index (χ3v) is 3.61. The first kappa shape index (κ1) is 20.6. The van der Waals surface area contributed by atoms with Crippen LogP contribution in [0.1, 0.15) is 0 Å². The van der Waals surface area contributed by atoms with Gasteiger partial charge in [0.25, 0.3) is 0 Å². The quantitative estimate of drug-likeness (QED) is 0.203. The zero-order valence-electron chi connectivity index (χ0n) is 12.2. The Kier molecular flexibility index (Phi) is 8.20. The van der Waals surface area contributed by atoms with Crippen LogP contribution in [0.2, 0.25) is 0 Å². The molecule has 0 amide bonds. The highest BCUT2D eigenvalue weighted by atomic mass is 16.7. The Bertz CT molecular complexity index is 341. The second-order valence-electron chi connectivity index (χ2n) is 5.33. The lowest BCUT2D eigenvalue weighted by Gasteiger charge is -2.40. The van der Waals surface area contributed by atoms with Gasteiger partial charge in [0.2, 0.25) is 0 Å². The molecule has 11 heteroatoms. The Balaban J connectivity index is 2.55. The van der Waals surface area contributed by atoms with Gasteiger partial charge in [-0.1, -0.05) is 0 Å². The van der Waals surface area contributed by atoms with E-state index in [-0.39, 0.29) is 0 Å². The van der Waals surface area contributed by atoms with Crippen molar-refractivity contribution in [3.63, 3.8) is 0 Å². The number of hydrogen-bond acceptors (Lipinski definition) is 11. The summed E-state index contributed by atoms with van der Waals surface area (Å²) in [6.07, 6.45) is -14.7. The van der Waals surface area contributed by atoms with Crippen LogP contribution < -0.4 is 0 Å². The van der Waals surface area contributed by atoms with E-state index < -0.39 is 74.9 Å². The first-order chi connectivity index (χ1) is 10.7. The van der Waals surface area contributed by atoms with E-state index in [2.05, 4.69) is 0 Å². The lowest BCUT2D eigenvalue weighted by molar-refractivity contribution is -0.306. The van der Waals surface area contributed by atoms with Crippen molar-refractivity contribution in [3.05, 3.63) is 0 Å².